The molecule has 0 bridgehead atoms. The Labute approximate surface area is 140 Å². The van der Waals surface area contributed by atoms with Crippen molar-refractivity contribution in [1.29, 1.82) is 0 Å². The van der Waals surface area contributed by atoms with Gasteiger partial charge in [0.05, 0.1) is 13.1 Å². The first-order valence-corrected chi connectivity index (χ1v) is 7.20. The van der Waals surface area contributed by atoms with Gasteiger partial charge >= 0.3 is 12.3 Å². The van der Waals surface area contributed by atoms with Crippen molar-refractivity contribution in [2.45, 2.75) is 12.3 Å². The molecular formula is C15H13F3N4O3. The Bertz CT molecular complexity index is 761. The highest BCUT2D eigenvalue weighted by atomic mass is 19.4. The van der Waals surface area contributed by atoms with Gasteiger partial charge < -0.3 is 20.1 Å². The Morgan fingerprint density at radius 3 is 2.52 bits per heavy atom. The molecule has 1 fully saturated rings. The summed E-state index contributed by atoms with van der Waals surface area (Å²) in [5.74, 6) is -0.813. The highest BCUT2D eigenvalue weighted by molar-refractivity contribution is 5.65. The molecule has 2 heterocycles. The summed E-state index contributed by atoms with van der Waals surface area (Å²) in [7, 11) is 0. The largest absolute Gasteiger partial charge is 0.514 e. The zero-order valence-electron chi connectivity index (χ0n) is 12.7. The second-order valence-corrected chi connectivity index (χ2v) is 5.30. The van der Waals surface area contributed by atoms with Crippen molar-refractivity contribution in [2.24, 2.45) is 0 Å². The molecule has 0 aliphatic carbocycles. The fourth-order valence-electron chi connectivity index (χ4n) is 2.15. The Hall–Kier alpha value is -3.04. The summed E-state index contributed by atoms with van der Waals surface area (Å²) < 4.78 is 47.8. The van der Waals surface area contributed by atoms with E-state index >= 15 is 0 Å². The lowest BCUT2D eigenvalue weighted by molar-refractivity contribution is -0.144. The predicted octanol–water partition coefficient (Wildman–Crippen LogP) is 2.48. The minimum absolute atomic E-state index is 0.120. The normalized spacial score (nSPS) is 14.8. The van der Waals surface area contributed by atoms with Crippen molar-refractivity contribution < 1.29 is 27.4 Å². The van der Waals surface area contributed by atoms with Crippen LogP contribution in [0.2, 0.25) is 0 Å². The maximum Gasteiger partial charge on any atom is 0.514 e. The van der Waals surface area contributed by atoms with Gasteiger partial charge in [0.2, 0.25) is 5.82 Å². The lowest BCUT2D eigenvalue weighted by Crippen LogP contribution is -2.53. The first-order chi connectivity index (χ1) is 11.8. The van der Waals surface area contributed by atoms with Crippen molar-refractivity contribution in [3.8, 4) is 5.75 Å². The predicted molar refractivity (Wildman–Crippen MR) is 81.0 cm³/mol. The number of hydrogen-bond donors (Lipinski definition) is 1. The van der Waals surface area contributed by atoms with E-state index in [9.17, 15) is 18.0 Å². The number of carbonyl (C=O) groups excluding carboxylic acids is 1. The van der Waals surface area contributed by atoms with E-state index < -0.39 is 24.3 Å². The summed E-state index contributed by atoms with van der Waals surface area (Å²) in [6, 6.07) is 7.53. The quantitative estimate of drug-likeness (QED) is 0.514. The first kappa shape index (κ1) is 16.8. The van der Waals surface area contributed by atoms with Gasteiger partial charge in [0.15, 0.2) is 0 Å². The second-order valence-electron chi connectivity index (χ2n) is 5.30. The van der Waals surface area contributed by atoms with Gasteiger partial charge in [-0.25, -0.2) is 14.8 Å². The van der Waals surface area contributed by atoms with Crippen molar-refractivity contribution in [3.63, 3.8) is 0 Å². The maximum atomic E-state index is 12.6. The molecule has 1 aliphatic heterocycles. The highest BCUT2D eigenvalue weighted by Crippen LogP contribution is 2.28. The molecule has 0 radical (unpaired) electrons. The third kappa shape index (κ3) is 4.08. The number of hydrogen-bond acceptors (Lipinski definition) is 7. The third-order valence-corrected chi connectivity index (χ3v) is 3.41. The van der Waals surface area contributed by atoms with Crippen molar-refractivity contribution >= 4 is 17.7 Å². The fourth-order valence-corrected chi connectivity index (χ4v) is 2.15. The molecule has 2 aromatic rings. The summed E-state index contributed by atoms with van der Waals surface area (Å²) in [4.78, 5) is 19.9. The van der Waals surface area contributed by atoms with Gasteiger partial charge in [0.1, 0.15) is 17.7 Å². The number of nitrogen functional groups attached to an aromatic ring is 1. The van der Waals surface area contributed by atoms with Crippen LogP contribution in [0.1, 0.15) is 5.82 Å². The number of carbonyl (C=O) groups is 1. The van der Waals surface area contributed by atoms with E-state index in [1.807, 2.05) is 0 Å². The van der Waals surface area contributed by atoms with Gasteiger partial charge in [-0.1, -0.05) is 0 Å². The average molecular weight is 354 g/mol. The summed E-state index contributed by atoms with van der Waals surface area (Å²) in [5.41, 5.74) is 6.05. The van der Waals surface area contributed by atoms with E-state index in [2.05, 4.69) is 9.97 Å². The van der Waals surface area contributed by atoms with Gasteiger partial charge in [-0.3, -0.25) is 0 Å². The van der Waals surface area contributed by atoms with Gasteiger partial charge in [0, 0.05) is 11.9 Å². The van der Waals surface area contributed by atoms with Crippen molar-refractivity contribution in [2.75, 3.05) is 23.7 Å². The maximum absolute atomic E-state index is 12.6. The number of anilines is 2. The zero-order chi connectivity index (χ0) is 18.0. The molecule has 1 aromatic heterocycles. The molecule has 1 aromatic carbocycles. The standard InChI is InChI=1S/C15H13F3N4O3/c16-15(17,18)13-20-6-5-12(21-13)22-7-11(8-22)25-14(23)24-10-3-1-9(19)2-4-10/h1-6,11H,7-8,19H2. The van der Waals surface area contributed by atoms with Crippen LogP contribution in [0.15, 0.2) is 36.5 Å². The van der Waals surface area contributed by atoms with Gasteiger partial charge in [-0.15, -0.1) is 0 Å². The van der Waals surface area contributed by atoms with Gasteiger partial charge in [-0.05, 0) is 30.3 Å². The number of nitrogens with zero attached hydrogens (tertiary/aromatic N) is 3. The topological polar surface area (TPSA) is 90.6 Å². The number of aromatic nitrogens is 2. The molecule has 0 atom stereocenters. The molecule has 10 heteroatoms. The van der Waals surface area contributed by atoms with E-state index in [1.165, 1.54) is 23.1 Å². The van der Waals surface area contributed by atoms with Gasteiger partial charge in [0.25, 0.3) is 0 Å². The summed E-state index contributed by atoms with van der Waals surface area (Å²) in [6.45, 7) is 0.427. The molecule has 0 spiro atoms. The Morgan fingerprint density at radius 1 is 1.20 bits per heavy atom. The lowest BCUT2D eigenvalue weighted by Gasteiger charge is -2.38. The number of rotatable bonds is 3. The first-order valence-electron chi connectivity index (χ1n) is 7.20. The molecule has 25 heavy (non-hydrogen) atoms. The Kier molecular flexibility index (Phi) is 4.34. The van der Waals surface area contributed by atoms with Crippen LogP contribution in [0.4, 0.5) is 29.5 Å². The highest BCUT2D eigenvalue weighted by Gasteiger charge is 2.37. The molecule has 7 nitrogen and oxygen atoms in total. The second kappa shape index (κ2) is 6.46. The van der Waals surface area contributed by atoms with Crippen LogP contribution in [0.25, 0.3) is 0 Å². The number of benzene rings is 1. The van der Waals surface area contributed by atoms with E-state index in [0.717, 1.165) is 6.20 Å². The van der Waals surface area contributed by atoms with E-state index in [-0.39, 0.29) is 24.7 Å². The number of nitrogens with two attached hydrogens (primary N) is 1. The van der Waals surface area contributed by atoms with E-state index in [0.29, 0.717) is 5.69 Å². The smallest absolute Gasteiger partial charge is 0.427 e. The Balaban J connectivity index is 1.51. The third-order valence-electron chi connectivity index (χ3n) is 3.41. The van der Waals surface area contributed by atoms with Crippen LogP contribution in [0.5, 0.6) is 5.75 Å². The molecule has 0 saturated carbocycles. The van der Waals surface area contributed by atoms with E-state index in [1.54, 1.807) is 12.1 Å². The number of ether oxygens (including phenoxy) is 2. The van der Waals surface area contributed by atoms with Crippen LogP contribution in [0, 0.1) is 0 Å². The fraction of sp³-hybridized carbons (Fsp3) is 0.267. The lowest BCUT2D eigenvalue weighted by atomic mass is 10.2. The molecule has 0 unspecified atom stereocenters. The molecule has 2 N–H and O–H groups in total. The average Bonchev–Trinajstić information content (AvgIpc) is 2.52. The number of alkyl halides is 3. The van der Waals surface area contributed by atoms with Gasteiger partial charge in [-0.2, -0.15) is 13.2 Å². The zero-order valence-corrected chi connectivity index (χ0v) is 12.7. The van der Waals surface area contributed by atoms with Crippen LogP contribution < -0.4 is 15.4 Å². The Morgan fingerprint density at radius 2 is 1.88 bits per heavy atom. The number of halogens is 3. The molecule has 132 valence electrons. The molecule has 1 saturated heterocycles. The SMILES string of the molecule is Nc1ccc(OC(=O)OC2CN(c3ccnc(C(F)(F)F)n3)C2)cc1. The minimum atomic E-state index is -4.61. The molecular weight excluding hydrogens is 341 g/mol. The molecule has 3 rings (SSSR count). The monoisotopic (exact) mass is 354 g/mol. The minimum Gasteiger partial charge on any atom is -0.427 e. The van der Waals surface area contributed by atoms with Crippen LogP contribution >= 0.6 is 0 Å². The summed E-state index contributed by atoms with van der Waals surface area (Å²) >= 11 is 0. The van der Waals surface area contributed by atoms with Crippen LogP contribution in [-0.2, 0) is 10.9 Å². The van der Waals surface area contributed by atoms with E-state index in [4.69, 9.17) is 15.2 Å². The molecule has 1 aliphatic rings. The van der Waals surface area contributed by atoms with Crippen LogP contribution in [0.3, 0.4) is 0 Å². The van der Waals surface area contributed by atoms with Crippen molar-refractivity contribution in [3.05, 3.63) is 42.4 Å². The summed E-state index contributed by atoms with van der Waals surface area (Å²) in [6.07, 6.45) is -4.97. The van der Waals surface area contributed by atoms with Crippen LogP contribution in [-0.4, -0.2) is 35.3 Å². The molecule has 0 amide bonds. The summed E-state index contributed by atoms with van der Waals surface area (Å²) in [5, 5.41) is 0. The van der Waals surface area contributed by atoms with Crippen molar-refractivity contribution in [1.82, 2.24) is 9.97 Å².